The highest BCUT2D eigenvalue weighted by Crippen LogP contribution is 2.24. The Morgan fingerprint density at radius 3 is 2.50 bits per heavy atom. The fourth-order valence-corrected chi connectivity index (χ4v) is 2.03. The van der Waals surface area contributed by atoms with Crippen LogP contribution in [0.1, 0.15) is 24.5 Å². The van der Waals surface area contributed by atoms with Crippen molar-refractivity contribution in [2.75, 3.05) is 17.7 Å². The molecule has 4 heteroatoms. The number of pyridine rings is 1. The molecule has 0 aliphatic rings. The Kier molecular flexibility index (Phi) is 4.45. The molecule has 2 rings (SSSR count). The molecular weight excluding hydrogens is 250 g/mol. The lowest BCUT2D eigenvalue weighted by molar-refractivity contribution is 0.307. The van der Waals surface area contributed by atoms with E-state index in [-0.39, 0.29) is 0 Å². The van der Waals surface area contributed by atoms with Crippen LogP contribution in [-0.2, 0) is 0 Å². The molecule has 0 amide bonds. The van der Waals surface area contributed by atoms with Gasteiger partial charge in [-0.25, -0.2) is 0 Å². The van der Waals surface area contributed by atoms with Crippen LogP contribution in [0.25, 0.3) is 0 Å². The van der Waals surface area contributed by atoms with E-state index in [1.54, 1.807) is 0 Å². The highest BCUT2D eigenvalue weighted by atomic mass is 16.5. The highest BCUT2D eigenvalue weighted by molar-refractivity contribution is 5.61. The molecule has 1 aromatic heterocycles. The number of hydrogen-bond donors (Lipinski definition) is 2. The molecule has 0 saturated carbocycles. The third-order valence-corrected chi connectivity index (χ3v) is 2.83. The van der Waals surface area contributed by atoms with Crippen molar-refractivity contribution in [3.63, 3.8) is 0 Å². The molecule has 0 aliphatic heterocycles. The van der Waals surface area contributed by atoms with E-state index in [4.69, 9.17) is 10.5 Å². The van der Waals surface area contributed by atoms with Crippen LogP contribution in [0.15, 0.2) is 30.3 Å². The monoisotopic (exact) mass is 271 g/mol. The molecule has 0 unspecified atom stereocenters. The van der Waals surface area contributed by atoms with Crippen molar-refractivity contribution < 1.29 is 4.74 Å². The summed E-state index contributed by atoms with van der Waals surface area (Å²) >= 11 is 0. The second-order valence-electron chi connectivity index (χ2n) is 4.94. The quantitative estimate of drug-likeness (QED) is 0.868. The van der Waals surface area contributed by atoms with Crippen LogP contribution >= 0.6 is 0 Å². The summed E-state index contributed by atoms with van der Waals surface area (Å²) in [5, 5.41) is 3.28. The lowest BCUT2D eigenvalue weighted by atomic mass is 10.1. The minimum absolute atomic E-state index is 0.487. The van der Waals surface area contributed by atoms with Crippen molar-refractivity contribution in [3.05, 3.63) is 41.5 Å². The van der Waals surface area contributed by atoms with Crippen molar-refractivity contribution in [2.24, 2.45) is 0 Å². The van der Waals surface area contributed by atoms with E-state index in [0.717, 1.165) is 17.9 Å². The Balaban J connectivity index is 2.20. The average molecular weight is 271 g/mol. The molecule has 0 atom stereocenters. The van der Waals surface area contributed by atoms with Gasteiger partial charge in [0.25, 0.3) is 0 Å². The first-order valence-corrected chi connectivity index (χ1v) is 6.83. The summed E-state index contributed by atoms with van der Waals surface area (Å²) in [5.74, 6) is 1.22. The summed E-state index contributed by atoms with van der Waals surface area (Å²) in [5.41, 5.74) is 9.86. The van der Waals surface area contributed by atoms with E-state index in [9.17, 15) is 0 Å². The van der Waals surface area contributed by atoms with Gasteiger partial charge in [-0.1, -0.05) is 13.0 Å². The van der Waals surface area contributed by atoms with Crippen LogP contribution in [-0.4, -0.2) is 11.6 Å². The molecule has 0 fully saturated rings. The van der Waals surface area contributed by atoms with Crippen LogP contribution in [0.3, 0.4) is 0 Å². The smallest absolute Gasteiger partial charge is 0.239 e. The number of ether oxygens (including phenoxy) is 1. The zero-order chi connectivity index (χ0) is 14.5. The van der Waals surface area contributed by atoms with Gasteiger partial charge in [0.05, 0.1) is 12.3 Å². The Morgan fingerprint density at radius 2 is 1.85 bits per heavy atom. The maximum atomic E-state index is 5.86. The van der Waals surface area contributed by atoms with Crippen molar-refractivity contribution >= 4 is 17.2 Å². The van der Waals surface area contributed by atoms with E-state index in [1.165, 1.54) is 11.1 Å². The first-order chi connectivity index (χ1) is 9.58. The molecule has 3 N–H and O–H groups in total. The molecule has 0 bridgehead atoms. The second-order valence-corrected chi connectivity index (χ2v) is 4.94. The van der Waals surface area contributed by atoms with E-state index in [2.05, 4.69) is 42.3 Å². The number of aromatic nitrogens is 1. The normalized spacial score (nSPS) is 10.3. The molecule has 1 aromatic carbocycles. The zero-order valence-electron chi connectivity index (χ0n) is 12.2. The predicted molar refractivity (Wildman–Crippen MR) is 83.6 cm³/mol. The molecule has 106 valence electrons. The van der Waals surface area contributed by atoms with Gasteiger partial charge in [0.1, 0.15) is 5.82 Å². The number of nitrogens with one attached hydrogen (secondary N) is 1. The summed E-state index contributed by atoms with van der Waals surface area (Å²) < 4.78 is 5.54. The lowest BCUT2D eigenvalue weighted by Crippen LogP contribution is -2.03. The molecule has 2 aromatic rings. The summed E-state index contributed by atoms with van der Waals surface area (Å²) in [4.78, 5) is 4.41. The number of rotatable bonds is 5. The highest BCUT2D eigenvalue weighted by Gasteiger charge is 2.05. The molecule has 4 nitrogen and oxygen atoms in total. The number of anilines is 3. The van der Waals surface area contributed by atoms with Crippen molar-refractivity contribution in [1.29, 1.82) is 0 Å². The minimum atomic E-state index is 0.487. The third kappa shape index (κ3) is 3.63. The average Bonchev–Trinajstić information content (AvgIpc) is 2.38. The van der Waals surface area contributed by atoms with Crippen molar-refractivity contribution in [3.8, 4) is 5.88 Å². The Hall–Kier alpha value is -2.23. The fourth-order valence-electron chi connectivity index (χ4n) is 2.03. The van der Waals surface area contributed by atoms with Crippen molar-refractivity contribution in [1.82, 2.24) is 4.98 Å². The van der Waals surface area contributed by atoms with Crippen LogP contribution in [0.4, 0.5) is 17.2 Å². The first-order valence-electron chi connectivity index (χ1n) is 6.83. The van der Waals surface area contributed by atoms with E-state index < -0.39 is 0 Å². The number of aryl methyl sites for hydroxylation is 2. The number of nitrogens with zero attached hydrogens (tertiary/aromatic N) is 1. The van der Waals surface area contributed by atoms with Gasteiger partial charge in [0, 0.05) is 5.69 Å². The fraction of sp³-hybridized carbons (Fsp3) is 0.312. The van der Waals surface area contributed by atoms with E-state index in [0.29, 0.717) is 18.2 Å². The SMILES string of the molecule is CCCOc1nc(Nc2cc(C)cc(C)c2)ccc1N. The Morgan fingerprint density at radius 1 is 1.15 bits per heavy atom. The van der Waals surface area contributed by atoms with Crippen LogP contribution in [0.2, 0.25) is 0 Å². The second kappa shape index (κ2) is 6.28. The number of hydrogen-bond acceptors (Lipinski definition) is 4. The third-order valence-electron chi connectivity index (χ3n) is 2.83. The van der Waals surface area contributed by atoms with Gasteiger partial charge in [-0.05, 0) is 55.7 Å². The molecule has 0 aliphatic carbocycles. The van der Waals surface area contributed by atoms with Gasteiger partial charge >= 0.3 is 0 Å². The molecular formula is C16H21N3O. The van der Waals surface area contributed by atoms with Crippen LogP contribution < -0.4 is 15.8 Å². The zero-order valence-corrected chi connectivity index (χ0v) is 12.2. The molecule has 0 radical (unpaired) electrons. The summed E-state index contributed by atoms with van der Waals surface area (Å²) in [6, 6.07) is 9.96. The topological polar surface area (TPSA) is 60.2 Å². The van der Waals surface area contributed by atoms with E-state index >= 15 is 0 Å². The lowest BCUT2D eigenvalue weighted by Gasteiger charge is -2.11. The van der Waals surface area contributed by atoms with Crippen molar-refractivity contribution in [2.45, 2.75) is 27.2 Å². The molecule has 1 heterocycles. The minimum Gasteiger partial charge on any atom is -0.476 e. The van der Waals surface area contributed by atoms with E-state index in [1.807, 2.05) is 19.1 Å². The Labute approximate surface area is 120 Å². The Bertz CT molecular complexity index is 576. The van der Waals surface area contributed by atoms with Gasteiger partial charge in [0.2, 0.25) is 5.88 Å². The largest absolute Gasteiger partial charge is 0.476 e. The molecule has 20 heavy (non-hydrogen) atoms. The van der Waals surface area contributed by atoms with Gasteiger partial charge in [-0.3, -0.25) is 0 Å². The summed E-state index contributed by atoms with van der Waals surface area (Å²) in [7, 11) is 0. The number of benzene rings is 1. The first kappa shape index (κ1) is 14.2. The maximum absolute atomic E-state index is 5.86. The number of nitrogens with two attached hydrogens (primary N) is 1. The summed E-state index contributed by atoms with van der Waals surface area (Å²) in [6.45, 7) is 6.81. The summed E-state index contributed by atoms with van der Waals surface area (Å²) in [6.07, 6.45) is 0.926. The molecule has 0 spiro atoms. The predicted octanol–water partition coefficient (Wildman–Crippen LogP) is 3.81. The van der Waals surface area contributed by atoms with Gasteiger partial charge in [-0.2, -0.15) is 4.98 Å². The molecule has 0 saturated heterocycles. The van der Waals surface area contributed by atoms with Crippen LogP contribution in [0, 0.1) is 13.8 Å². The number of nitrogen functional groups attached to an aromatic ring is 1. The van der Waals surface area contributed by atoms with Gasteiger partial charge < -0.3 is 15.8 Å². The van der Waals surface area contributed by atoms with Crippen LogP contribution in [0.5, 0.6) is 5.88 Å². The van der Waals surface area contributed by atoms with Gasteiger partial charge in [-0.15, -0.1) is 0 Å². The standard InChI is InChI=1S/C16H21N3O/c1-4-7-20-16-14(17)5-6-15(19-16)18-13-9-11(2)8-12(3)10-13/h5-6,8-10H,4,7,17H2,1-3H3,(H,18,19). The maximum Gasteiger partial charge on any atom is 0.239 e. The van der Waals surface area contributed by atoms with Gasteiger partial charge in [0.15, 0.2) is 0 Å².